The van der Waals surface area contributed by atoms with Gasteiger partial charge in [-0.05, 0) is 12.1 Å². The number of hydrogen-bond acceptors (Lipinski definition) is 9. The van der Waals surface area contributed by atoms with E-state index in [9.17, 15) is 25.0 Å². The number of nitrogens with zero attached hydrogens (tertiary/aromatic N) is 2. The van der Waals surface area contributed by atoms with Crippen LogP contribution in [0.3, 0.4) is 0 Å². The topological polar surface area (TPSA) is 140 Å². The van der Waals surface area contributed by atoms with E-state index in [-0.39, 0.29) is 37.9 Å². The first-order valence-electron chi connectivity index (χ1n) is 5.93. The third-order valence-corrected chi connectivity index (χ3v) is 2.12. The van der Waals surface area contributed by atoms with Crippen molar-refractivity contribution in [1.29, 1.82) is 0 Å². The maximum atomic E-state index is 11.3. The van der Waals surface area contributed by atoms with Crippen molar-refractivity contribution in [1.82, 2.24) is 0 Å². The minimum absolute atomic E-state index is 0.0104. The summed E-state index contributed by atoms with van der Waals surface area (Å²) in [6.45, 7) is -0.358. The molecule has 0 spiro atoms. The van der Waals surface area contributed by atoms with Crippen molar-refractivity contribution >= 4 is 11.8 Å². The summed E-state index contributed by atoms with van der Waals surface area (Å²) in [5, 5.41) is 19.3. The van der Waals surface area contributed by atoms with Gasteiger partial charge >= 0.3 is 6.16 Å². The fourth-order valence-corrected chi connectivity index (χ4v) is 1.22. The minimum atomic E-state index is -1.00. The molecule has 11 nitrogen and oxygen atoms in total. The molecule has 1 aromatic carbocycles. The second-order valence-corrected chi connectivity index (χ2v) is 3.62. The molecular weight excluding hydrogens is 304 g/mol. The first-order chi connectivity index (χ1) is 10.5. The lowest BCUT2D eigenvalue weighted by Gasteiger charge is -2.06. The zero-order chi connectivity index (χ0) is 16.4. The molecule has 0 amide bonds. The Morgan fingerprint density at radius 2 is 1.64 bits per heavy atom. The second kappa shape index (κ2) is 9.07. The lowest BCUT2D eigenvalue weighted by Crippen LogP contribution is -2.16. The van der Waals surface area contributed by atoms with Crippen molar-refractivity contribution in [3.8, 4) is 5.75 Å². The molecule has 0 saturated heterocycles. The first-order valence-corrected chi connectivity index (χ1v) is 5.93. The maximum absolute atomic E-state index is 11.3. The summed E-state index contributed by atoms with van der Waals surface area (Å²) in [4.78, 5) is 34.9. The van der Waals surface area contributed by atoms with E-state index < -0.39 is 16.2 Å². The predicted molar refractivity (Wildman–Crippen MR) is 68.8 cm³/mol. The molecule has 0 aliphatic heterocycles. The van der Waals surface area contributed by atoms with E-state index in [1.807, 2.05) is 0 Å². The van der Waals surface area contributed by atoms with Gasteiger partial charge in [-0.25, -0.2) is 4.79 Å². The van der Waals surface area contributed by atoms with Crippen LogP contribution in [0.4, 0.5) is 10.5 Å². The Hall–Kier alpha value is -2.95. The van der Waals surface area contributed by atoms with E-state index in [1.54, 1.807) is 0 Å². The Labute approximate surface area is 123 Å². The van der Waals surface area contributed by atoms with E-state index in [2.05, 4.69) is 9.57 Å². The quantitative estimate of drug-likeness (QED) is 0.217. The highest BCUT2D eigenvalue weighted by molar-refractivity contribution is 5.63. The van der Waals surface area contributed by atoms with Crippen LogP contribution in [-0.2, 0) is 14.3 Å². The number of non-ortho nitro benzene ring substituents is 1. The number of benzene rings is 1. The van der Waals surface area contributed by atoms with Crippen LogP contribution in [0.15, 0.2) is 24.3 Å². The van der Waals surface area contributed by atoms with Crippen molar-refractivity contribution in [3.05, 3.63) is 44.5 Å². The molecule has 11 heteroatoms. The number of ether oxygens (including phenoxy) is 3. The van der Waals surface area contributed by atoms with Crippen molar-refractivity contribution in [3.63, 3.8) is 0 Å². The summed E-state index contributed by atoms with van der Waals surface area (Å²) >= 11 is 0. The SMILES string of the molecule is O=C(OCCOCCO[N+](=O)[O-])Oc1ccc([N+](=O)[O-])cc1. The predicted octanol–water partition coefficient (Wildman–Crippen LogP) is 1.34. The first kappa shape index (κ1) is 17.1. The molecule has 0 atom stereocenters. The Morgan fingerprint density at radius 3 is 2.23 bits per heavy atom. The molecule has 0 unspecified atom stereocenters. The molecule has 0 fully saturated rings. The molecule has 22 heavy (non-hydrogen) atoms. The van der Waals surface area contributed by atoms with Crippen LogP contribution in [0, 0.1) is 20.2 Å². The van der Waals surface area contributed by atoms with Crippen molar-refractivity contribution in [2.24, 2.45) is 0 Å². The highest BCUT2D eigenvalue weighted by atomic mass is 17.0. The normalized spacial score (nSPS) is 9.82. The number of carbonyl (C=O) groups excluding carboxylic acids is 1. The van der Waals surface area contributed by atoms with Gasteiger partial charge < -0.3 is 19.0 Å². The van der Waals surface area contributed by atoms with Gasteiger partial charge in [-0.3, -0.25) is 10.1 Å². The van der Waals surface area contributed by atoms with Crippen LogP contribution in [-0.4, -0.2) is 42.6 Å². The Balaban J connectivity index is 2.15. The van der Waals surface area contributed by atoms with Gasteiger partial charge in [-0.15, -0.1) is 10.1 Å². The second-order valence-electron chi connectivity index (χ2n) is 3.62. The molecule has 0 bridgehead atoms. The van der Waals surface area contributed by atoms with Crippen LogP contribution in [0.25, 0.3) is 0 Å². The summed E-state index contributed by atoms with van der Waals surface area (Å²) in [6.07, 6.45) is -1.00. The molecule has 0 heterocycles. The molecule has 120 valence electrons. The lowest BCUT2D eigenvalue weighted by molar-refractivity contribution is -0.758. The molecule has 0 N–H and O–H groups in total. The van der Waals surface area contributed by atoms with Crippen molar-refractivity contribution in [2.75, 3.05) is 26.4 Å². The largest absolute Gasteiger partial charge is 0.513 e. The minimum Gasteiger partial charge on any atom is -0.432 e. The summed E-state index contributed by atoms with van der Waals surface area (Å²) in [6, 6.07) is 4.87. The molecule has 1 rings (SSSR count). The smallest absolute Gasteiger partial charge is 0.432 e. The Bertz CT molecular complexity index is 517. The highest BCUT2D eigenvalue weighted by Gasteiger charge is 2.09. The number of nitro benzene ring substituents is 1. The Kier molecular flexibility index (Phi) is 7.05. The summed E-state index contributed by atoms with van der Waals surface area (Å²) in [5.74, 6) is 0.0934. The van der Waals surface area contributed by atoms with Gasteiger partial charge in [0.1, 0.15) is 19.0 Å². The Morgan fingerprint density at radius 1 is 1.00 bits per heavy atom. The molecule has 0 aromatic heterocycles. The van der Waals surface area contributed by atoms with Gasteiger partial charge in [0, 0.05) is 12.1 Å². The average Bonchev–Trinajstić information content (AvgIpc) is 2.46. The van der Waals surface area contributed by atoms with Gasteiger partial charge in [0.05, 0.1) is 18.1 Å². The maximum Gasteiger partial charge on any atom is 0.513 e. The summed E-state index contributed by atoms with van der Waals surface area (Å²) in [7, 11) is 0. The molecule has 0 aliphatic carbocycles. The standard InChI is InChI=1S/C11H12N2O9/c14-11(20-7-5-19-6-8-21-13(17)18)22-10-3-1-9(2-4-10)12(15)16/h1-4H,5-8H2. The van der Waals surface area contributed by atoms with Crippen molar-refractivity contribution < 1.29 is 33.9 Å². The third kappa shape index (κ3) is 7.00. The summed E-state index contributed by atoms with van der Waals surface area (Å²) in [5.41, 5.74) is -0.133. The van der Waals surface area contributed by atoms with Crippen LogP contribution in [0.5, 0.6) is 5.75 Å². The molecule has 0 radical (unpaired) electrons. The number of hydrogen-bond donors (Lipinski definition) is 0. The highest BCUT2D eigenvalue weighted by Crippen LogP contribution is 2.17. The van der Waals surface area contributed by atoms with Crippen LogP contribution < -0.4 is 4.74 Å². The number of nitro groups is 1. The van der Waals surface area contributed by atoms with E-state index in [1.165, 1.54) is 24.3 Å². The molecule has 0 aliphatic rings. The molecular formula is C11H12N2O9. The van der Waals surface area contributed by atoms with Gasteiger partial charge in [0.25, 0.3) is 10.8 Å². The summed E-state index contributed by atoms with van der Waals surface area (Å²) < 4.78 is 14.3. The van der Waals surface area contributed by atoms with Crippen LogP contribution >= 0.6 is 0 Å². The zero-order valence-electron chi connectivity index (χ0n) is 11.2. The van der Waals surface area contributed by atoms with Gasteiger partial charge in [0.15, 0.2) is 0 Å². The fourth-order valence-electron chi connectivity index (χ4n) is 1.22. The van der Waals surface area contributed by atoms with E-state index in [4.69, 9.17) is 9.47 Å². The zero-order valence-corrected chi connectivity index (χ0v) is 11.2. The molecule has 1 aromatic rings. The van der Waals surface area contributed by atoms with Crippen LogP contribution in [0.2, 0.25) is 0 Å². The molecule has 0 saturated carbocycles. The average molecular weight is 316 g/mol. The van der Waals surface area contributed by atoms with Gasteiger partial charge in [0.2, 0.25) is 0 Å². The lowest BCUT2D eigenvalue weighted by atomic mass is 10.3. The van der Waals surface area contributed by atoms with E-state index >= 15 is 0 Å². The van der Waals surface area contributed by atoms with E-state index in [0.717, 1.165) is 0 Å². The van der Waals surface area contributed by atoms with Gasteiger partial charge in [-0.1, -0.05) is 0 Å². The van der Waals surface area contributed by atoms with E-state index in [0.29, 0.717) is 0 Å². The fraction of sp³-hybridized carbons (Fsp3) is 0.364. The van der Waals surface area contributed by atoms with Gasteiger partial charge in [-0.2, -0.15) is 0 Å². The number of carbonyl (C=O) groups is 1. The van der Waals surface area contributed by atoms with Crippen molar-refractivity contribution in [2.45, 2.75) is 0 Å². The number of rotatable bonds is 9. The monoisotopic (exact) mass is 316 g/mol. The third-order valence-electron chi connectivity index (χ3n) is 2.12. The van der Waals surface area contributed by atoms with Crippen LogP contribution in [0.1, 0.15) is 0 Å².